The van der Waals surface area contributed by atoms with Gasteiger partial charge in [0.05, 0.1) is 17.5 Å². The number of halogens is 1. The molecule has 2 atom stereocenters. The standard InChI is InChI=1S/C19H20BrNO6/c1-10(18(24)21-14(19(25)26)6-8-16(22)23)11-3-5-13-12(9-11)4-7-15(27-2)17(13)20/h3-5,7,9-10,14H,6,8H2,1-2H3,(H,21,24)(H,22,23)(H,25,26)/t10?,14-/m1/s1. The zero-order chi connectivity index (χ0) is 20.1. The molecule has 0 aromatic heterocycles. The van der Waals surface area contributed by atoms with Gasteiger partial charge in [0.2, 0.25) is 5.91 Å². The van der Waals surface area contributed by atoms with E-state index in [0.29, 0.717) is 5.75 Å². The highest BCUT2D eigenvalue weighted by Gasteiger charge is 2.24. The van der Waals surface area contributed by atoms with Gasteiger partial charge < -0.3 is 20.3 Å². The highest BCUT2D eigenvalue weighted by Crippen LogP contribution is 2.34. The fourth-order valence-corrected chi connectivity index (χ4v) is 3.35. The lowest BCUT2D eigenvalue weighted by molar-refractivity contribution is -0.143. The summed E-state index contributed by atoms with van der Waals surface area (Å²) in [5, 5.41) is 22.1. The van der Waals surface area contributed by atoms with E-state index in [1.165, 1.54) is 0 Å². The number of hydrogen-bond donors (Lipinski definition) is 3. The molecule has 0 aliphatic carbocycles. The number of carbonyl (C=O) groups excluding carboxylic acids is 1. The molecule has 0 radical (unpaired) electrons. The summed E-state index contributed by atoms with van der Waals surface area (Å²) in [6, 6.07) is 7.96. The van der Waals surface area contributed by atoms with Gasteiger partial charge in [-0.25, -0.2) is 4.79 Å². The Morgan fingerprint density at radius 1 is 1.19 bits per heavy atom. The summed E-state index contributed by atoms with van der Waals surface area (Å²) in [6.07, 6.45) is -0.509. The van der Waals surface area contributed by atoms with Gasteiger partial charge in [0, 0.05) is 6.42 Å². The lowest BCUT2D eigenvalue weighted by atomic mass is 9.96. The molecule has 3 N–H and O–H groups in total. The van der Waals surface area contributed by atoms with Crippen molar-refractivity contribution in [1.29, 1.82) is 0 Å². The number of benzene rings is 2. The van der Waals surface area contributed by atoms with Crippen molar-refractivity contribution in [1.82, 2.24) is 5.32 Å². The highest BCUT2D eigenvalue weighted by atomic mass is 79.9. The second kappa shape index (κ2) is 8.85. The first-order chi connectivity index (χ1) is 12.7. The van der Waals surface area contributed by atoms with Crippen molar-refractivity contribution in [2.24, 2.45) is 0 Å². The molecule has 0 bridgehead atoms. The number of aliphatic carboxylic acids is 2. The maximum Gasteiger partial charge on any atom is 0.326 e. The van der Waals surface area contributed by atoms with E-state index in [0.717, 1.165) is 20.8 Å². The number of nitrogens with one attached hydrogen (secondary N) is 1. The largest absolute Gasteiger partial charge is 0.496 e. The minimum Gasteiger partial charge on any atom is -0.496 e. The predicted molar refractivity (Wildman–Crippen MR) is 103 cm³/mol. The Morgan fingerprint density at radius 3 is 2.48 bits per heavy atom. The van der Waals surface area contributed by atoms with Crippen LogP contribution in [0.4, 0.5) is 0 Å². The molecule has 1 amide bonds. The molecule has 144 valence electrons. The van der Waals surface area contributed by atoms with Crippen molar-refractivity contribution in [3.05, 3.63) is 40.4 Å². The summed E-state index contributed by atoms with van der Waals surface area (Å²) in [6.45, 7) is 1.67. The van der Waals surface area contributed by atoms with Crippen molar-refractivity contribution in [2.75, 3.05) is 7.11 Å². The maximum atomic E-state index is 12.5. The summed E-state index contributed by atoms with van der Waals surface area (Å²) in [5.41, 5.74) is 0.722. The van der Waals surface area contributed by atoms with Crippen molar-refractivity contribution in [2.45, 2.75) is 31.7 Å². The van der Waals surface area contributed by atoms with Gasteiger partial charge in [0.15, 0.2) is 0 Å². The van der Waals surface area contributed by atoms with E-state index in [2.05, 4.69) is 21.2 Å². The third-order valence-corrected chi connectivity index (χ3v) is 5.14. The number of carboxylic acid groups (broad SMARTS) is 2. The van der Waals surface area contributed by atoms with Crippen LogP contribution in [0.2, 0.25) is 0 Å². The van der Waals surface area contributed by atoms with Gasteiger partial charge in [-0.3, -0.25) is 9.59 Å². The Hall–Kier alpha value is -2.61. The van der Waals surface area contributed by atoms with Gasteiger partial charge in [-0.2, -0.15) is 0 Å². The van der Waals surface area contributed by atoms with Gasteiger partial charge in [-0.1, -0.05) is 24.3 Å². The topological polar surface area (TPSA) is 113 Å². The quantitative estimate of drug-likeness (QED) is 0.584. The molecular formula is C19H20BrNO6. The van der Waals surface area contributed by atoms with E-state index >= 15 is 0 Å². The first-order valence-corrected chi connectivity index (χ1v) is 9.05. The number of carbonyl (C=O) groups is 3. The van der Waals surface area contributed by atoms with Crippen LogP contribution in [0.5, 0.6) is 5.75 Å². The number of ether oxygens (including phenoxy) is 1. The van der Waals surface area contributed by atoms with Crippen LogP contribution in [0.1, 0.15) is 31.2 Å². The Morgan fingerprint density at radius 2 is 1.89 bits per heavy atom. The fraction of sp³-hybridized carbons (Fsp3) is 0.316. The molecule has 8 heteroatoms. The number of carboxylic acids is 2. The monoisotopic (exact) mass is 437 g/mol. The summed E-state index contributed by atoms with van der Waals surface area (Å²) in [7, 11) is 1.58. The summed E-state index contributed by atoms with van der Waals surface area (Å²) >= 11 is 3.49. The molecule has 0 fully saturated rings. The summed E-state index contributed by atoms with van der Waals surface area (Å²) < 4.78 is 6.08. The van der Waals surface area contributed by atoms with Gasteiger partial charge in [0.25, 0.3) is 0 Å². The average Bonchev–Trinajstić information content (AvgIpc) is 2.63. The normalized spacial score (nSPS) is 13.0. The Kier molecular flexibility index (Phi) is 6.79. The van der Waals surface area contributed by atoms with Crippen molar-refractivity contribution in [3.63, 3.8) is 0 Å². The zero-order valence-electron chi connectivity index (χ0n) is 14.9. The fourth-order valence-electron chi connectivity index (χ4n) is 2.69. The van der Waals surface area contributed by atoms with E-state index in [1.54, 1.807) is 20.1 Å². The van der Waals surface area contributed by atoms with E-state index in [-0.39, 0.29) is 12.8 Å². The Balaban J connectivity index is 2.20. The van der Waals surface area contributed by atoms with E-state index in [9.17, 15) is 19.5 Å². The molecule has 2 aromatic rings. The van der Waals surface area contributed by atoms with Crippen LogP contribution in [0.25, 0.3) is 10.8 Å². The highest BCUT2D eigenvalue weighted by molar-refractivity contribution is 9.10. The molecule has 0 aliphatic rings. The van der Waals surface area contributed by atoms with Gasteiger partial charge >= 0.3 is 11.9 Å². The Labute approximate surface area is 164 Å². The van der Waals surface area contributed by atoms with Crippen LogP contribution < -0.4 is 10.1 Å². The molecule has 27 heavy (non-hydrogen) atoms. The average molecular weight is 438 g/mol. The van der Waals surface area contributed by atoms with Gasteiger partial charge in [-0.15, -0.1) is 0 Å². The van der Waals surface area contributed by atoms with Crippen molar-refractivity contribution in [3.8, 4) is 5.75 Å². The van der Waals surface area contributed by atoms with Crippen LogP contribution >= 0.6 is 15.9 Å². The van der Waals surface area contributed by atoms with Crippen LogP contribution in [0, 0.1) is 0 Å². The molecule has 0 heterocycles. The molecule has 0 aliphatic heterocycles. The molecular weight excluding hydrogens is 418 g/mol. The number of rotatable bonds is 8. The minimum absolute atomic E-state index is 0.173. The maximum absolute atomic E-state index is 12.5. The summed E-state index contributed by atoms with van der Waals surface area (Å²) in [5.74, 6) is -2.74. The number of amides is 1. The molecule has 7 nitrogen and oxygen atoms in total. The second-order valence-electron chi connectivity index (χ2n) is 6.12. The number of fused-ring (bicyclic) bond motifs is 1. The van der Waals surface area contributed by atoms with Gasteiger partial charge in [-0.05, 0) is 51.7 Å². The molecule has 0 saturated heterocycles. The zero-order valence-corrected chi connectivity index (χ0v) is 16.4. The van der Waals surface area contributed by atoms with Crippen LogP contribution in [-0.2, 0) is 14.4 Å². The lowest BCUT2D eigenvalue weighted by Gasteiger charge is -2.18. The first kappa shape index (κ1) is 20.7. The molecule has 0 saturated carbocycles. The van der Waals surface area contributed by atoms with Crippen LogP contribution in [-0.4, -0.2) is 41.2 Å². The van der Waals surface area contributed by atoms with Crippen molar-refractivity contribution >= 4 is 44.5 Å². The minimum atomic E-state index is -1.26. The SMILES string of the molecule is COc1ccc2cc(C(C)C(=O)N[C@H](CCC(=O)O)C(=O)O)ccc2c1Br. The van der Waals surface area contributed by atoms with E-state index < -0.39 is 29.8 Å². The van der Waals surface area contributed by atoms with E-state index in [4.69, 9.17) is 9.84 Å². The number of methoxy groups -OCH3 is 1. The molecule has 2 rings (SSSR count). The predicted octanol–water partition coefficient (Wildman–Crippen LogP) is 3.15. The molecule has 2 aromatic carbocycles. The molecule has 0 spiro atoms. The van der Waals surface area contributed by atoms with E-state index in [1.807, 2.05) is 24.3 Å². The summed E-state index contributed by atoms with van der Waals surface area (Å²) in [4.78, 5) is 34.4. The third kappa shape index (κ3) is 4.97. The molecule has 1 unspecified atom stereocenters. The van der Waals surface area contributed by atoms with Crippen LogP contribution in [0.3, 0.4) is 0 Å². The lowest BCUT2D eigenvalue weighted by Crippen LogP contribution is -2.42. The van der Waals surface area contributed by atoms with Crippen molar-refractivity contribution < 1.29 is 29.3 Å². The van der Waals surface area contributed by atoms with Gasteiger partial charge in [0.1, 0.15) is 11.8 Å². The smallest absolute Gasteiger partial charge is 0.326 e. The second-order valence-corrected chi connectivity index (χ2v) is 6.91. The Bertz CT molecular complexity index is 882. The van der Waals surface area contributed by atoms with Crippen LogP contribution in [0.15, 0.2) is 34.8 Å². The number of hydrogen-bond acceptors (Lipinski definition) is 4. The third-order valence-electron chi connectivity index (χ3n) is 4.32. The first-order valence-electron chi connectivity index (χ1n) is 8.25.